The van der Waals surface area contributed by atoms with E-state index in [0.717, 1.165) is 18.8 Å². The van der Waals surface area contributed by atoms with Gasteiger partial charge in [-0.1, -0.05) is 6.07 Å². The molecule has 0 atom stereocenters. The van der Waals surface area contributed by atoms with Crippen LogP contribution in [-0.4, -0.2) is 49.5 Å². The maximum absolute atomic E-state index is 11.9. The quantitative estimate of drug-likeness (QED) is 0.660. The van der Waals surface area contributed by atoms with Gasteiger partial charge < -0.3 is 25.6 Å². The topological polar surface area (TPSA) is 91.4 Å². The molecule has 0 bridgehead atoms. The lowest BCUT2D eigenvalue weighted by atomic mass is 10.3. The number of hydrogen-bond donors (Lipinski definition) is 3. The highest BCUT2D eigenvalue weighted by atomic mass is 16.5. The second-order valence-electron chi connectivity index (χ2n) is 6.03. The number of anilines is 3. The molecule has 2 heterocycles. The molecular weight excluding hydrogens is 332 g/mol. The summed E-state index contributed by atoms with van der Waals surface area (Å²) in [5.41, 5.74) is 1.77. The third-order valence-corrected chi connectivity index (χ3v) is 4.16. The molecule has 1 aliphatic heterocycles. The molecule has 8 heteroatoms. The van der Waals surface area contributed by atoms with Crippen molar-refractivity contribution in [2.75, 3.05) is 48.8 Å². The Morgan fingerprint density at radius 3 is 2.88 bits per heavy atom. The lowest BCUT2D eigenvalue weighted by Crippen LogP contribution is -2.32. The number of amides is 2. The van der Waals surface area contributed by atoms with E-state index in [9.17, 15) is 4.79 Å². The van der Waals surface area contributed by atoms with Crippen molar-refractivity contribution in [2.45, 2.75) is 12.8 Å². The number of nitrogens with zero attached hydrogens (tertiary/aromatic N) is 3. The fraction of sp³-hybridized carbons (Fsp3) is 0.389. The summed E-state index contributed by atoms with van der Waals surface area (Å²) in [6, 6.07) is 8.94. The summed E-state index contributed by atoms with van der Waals surface area (Å²) >= 11 is 0. The highest BCUT2D eigenvalue weighted by Crippen LogP contribution is 2.20. The minimum Gasteiger partial charge on any atom is -0.497 e. The summed E-state index contributed by atoms with van der Waals surface area (Å²) < 4.78 is 5.13. The molecule has 138 valence electrons. The average molecular weight is 356 g/mol. The third-order valence-electron chi connectivity index (χ3n) is 4.16. The monoisotopic (exact) mass is 356 g/mol. The number of ether oxygens (including phenoxy) is 1. The predicted octanol–water partition coefficient (Wildman–Crippen LogP) is 2.32. The van der Waals surface area contributed by atoms with Crippen LogP contribution in [0.3, 0.4) is 0 Å². The second kappa shape index (κ2) is 8.89. The minimum atomic E-state index is -0.267. The number of nitrogens with one attached hydrogen (secondary N) is 3. The lowest BCUT2D eigenvalue weighted by Gasteiger charge is -2.17. The van der Waals surface area contributed by atoms with Crippen LogP contribution < -0.4 is 25.6 Å². The van der Waals surface area contributed by atoms with E-state index in [0.29, 0.717) is 30.3 Å². The van der Waals surface area contributed by atoms with Crippen molar-refractivity contribution in [1.29, 1.82) is 0 Å². The Bertz CT molecular complexity index is 733. The molecule has 0 radical (unpaired) electrons. The van der Waals surface area contributed by atoms with Gasteiger partial charge in [0.05, 0.1) is 19.0 Å². The normalized spacial score (nSPS) is 13.3. The number of hydrogen-bond acceptors (Lipinski definition) is 6. The van der Waals surface area contributed by atoms with Crippen molar-refractivity contribution >= 4 is 23.2 Å². The fourth-order valence-corrected chi connectivity index (χ4v) is 2.83. The summed E-state index contributed by atoms with van der Waals surface area (Å²) in [5, 5.41) is 16.9. The van der Waals surface area contributed by atoms with Crippen LogP contribution in [0, 0.1) is 0 Å². The first-order valence-corrected chi connectivity index (χ1v) is 8.75. The summed E-state index contributed by atoms with van der Waals surface area (Å²) in [6.45, 7) is 3.16. The molecule has 0 unspecified atom stereocenters. The molecule has 0 saturated carbocycles. The zero-order valence-corrected chi connectivity index (χ0v) is 14.9. The van der Waals surface area contributed by atoms with E-state index < -0.39 is 0 Å². The van der Waals surface area contributed by atoms with Crippen molar-refractivity contribution in [3.63, 3.8) is 0 Å². The first kappa shape index (κ1) is 17.8. The Kier molecular flexibility index (Phi) is 6.08. The molecular formula is C18H24N6O2. The smallest absolute Gasteiger partial charge is 0.319 e. The molecule has 1 aromatic carbocycles. The van der Waals surface area contributed by atoms with Crippen molar-refractivity contribution in [2.24, 2.45) is 0 Å². The first-order chi connectivity index (χ1) is 12.7. The molecule has 26 heavy (non-hydrogen) atoms. The SMILES string of the molecule is COc1cccc(NC(=O)NCCNc2cc(N3CCCC3)cnn2)c1. The van der Waals surface area contributed by atoms with Gasteiger partial charge in [0, 0.05) is 44.0 Å². The Balaban J connectivity index is 1.41. The summed E-state index contributed by atoms with van der Waals surface area (Å²) in [5.74, 6) is 1.41. The molecule has 2 amide bonds. The molecule has 0 aliphatic carbocycles. The standard InChI is InChI=1S/C18H24N6O2/c1-26-16-6-4-5-14(11-16)22-18(25)20-8-7-19-17-12-15(13-21-23-17)24-9-2-3-10-24/h4-6,11-13H,2-3,7-10H2,1H3,(H,19,23)(H2,20,22,25). The van der Waals surface area contributed by atoms with Gasteiger partial charge in [-0.2, -0.15) is 5.10 Å². The van der Waals surface area contributed by atoms with E-state index in [1.807, 2.05) is 18.2 Å². The van der Waals surface area contributed by atoms with Gasteiger partial charge in [-0.15, -0.1) is 5.10 Å². The van der Waals surface area contributed by atoms with Crippen LogP contribution in [0.25, 0.3) is 0 Å². The van der Waals surface area contributed by atoms with Crippen LogP contribution in [0.15, 0.2) is 36.5 Å². The predicted molar refractivity (Wildman–Crippen MR) is 102 cm³/mol. The lowest BCUT2D eigenvalue weighted by molar-refractivity contribution is 0.252. The molecule has 2 aromatic rings. The number of rotatable bonds is 7. The average Bonchev–Trinajstić information content (AvgIpc) is 3.20. The Morgan fingerprint density at radius 2 is 2.08 bits per heavy atom. The Labute approximate surface area is 152 Å². The van der Waals surface area contributed by atoms with Crippen LogP contribution in [0.2, 0.25) is 0 Å². The van der Waals surface area contributed by atoms with Crippen LogP contribution in [-0.2, 0) is 0 Å². The molecule has 3 N–H and O–H groups in total. The molecule has 1 saturated heterocycles. The third kappa shape index (κ3) is 4.98. The maximum atomic E-state index is 11.9. The van der Waals surface area contributed by atoms with E-state index >= 15 is 0 Å². The molecule has 1 fully saturated rings. The van der Waals surface area contributed by atoms with Gasteiger partial charge in [0.25, 0.3) is 0 Å². The van der Waals surface area contributed by atoms with E-state index in [1.54, 1.807) is 25.4 Å². The summed E-state index contributed by atoms with van der Waals surface area (Å²) in [6.07, 6.45) is 4.23. The van der Waals surface area contributed by atoms with E-state index in [4.69, 9.17) is 4.74 Å². The number of aromatic nitrogens is 2. The van der Waals surface area contributed by atoms with Crippen LogP contribution >= 0.6 is 0 Å². The number of carbonyl (C=O) groups is 1. The minimum absolute atomic E-state index is 0.267. The van der Waals surface area contributed by atoms with E-state index in [2.05, 4.69) is 31.0 Å². The Hall–Kier alpha value is -3.03. The Morgan fingerprint density at radius 1 is 1.23 bits per heavy atom. The maximum Gasteiger partial charge on any atom is 0.319 e. The zero-order valence-electron chi connectivity index (χ0n) is 14.9. The van der Waals surface area contributed by atoms with E-state index in [-0.39, 0.29) is 6.03 Å². The second-order valence-corrected chi connectivity index (χ2v) is 6.03. The fourth-order valence-electron chi connectivity index (χ4n) is 2.83. The zero-order chi connectivity index (χ0) is 18.2. The van der Waals surface area contributed by atoms with Gasteiger partial charge in [-0.05, 0) is 25.0 Å². The van der Waals surface area contributed by atoms with Crippen molar-refractivity contribution in [3.8, 4) is 5.75 Å². The molecule has 0 spiro atoms. The van der Waals surface area contributed by atoms with E-state index in [1.165, 1.54) is 12.8 Å². The molecule has 8 nitrogen and oxygen atoms in total. The van der Waals surface area contributed by atoms with Crippen molar-refractivity contribution in [3.05, 3.63) is 36.5 Å². The summed E-state index contributed by atoms with van der Waals surface area (Å²) in [4.78, 5) is 14.2. The van der Waals surface area contributed by atoms with Gasteiger partial charge >= 0.3 is 6.03 Å². The highest BCUT2D eigenvalue weighted by molar-refractivity contribution is 5.89. The van der Waals surface area contributed by atoms with Gasteiger partial charge in [-0.25, -0.2) is 4.79 Å². The number of methoxy groups -OCH3 is 1. The van der Waals surface area contributed by atoms with Gasteiger partial charge in [0.2, 0.25) is 0 Å². The number of benzene rings is 1. The van der Waals surface area contributed by atoms with Crippen molar-refractivity contribution < 1.29 is 9.53 Å². The van der Waals surface area contributed by atoms with Crippen molar-refractivity contribution in [1.82, 2.24) is 15.5 Å². The summed E-state index contributed by atoms with van der Waals surface area (Å²) in [7, 11) is 1.59. The van der Waals surface area contributed by atoms with Crippen LogP contribution in [0.4, 0.5) is 22.0 Å². The molecule has 1 aliphatic rings. The highest BCUT2D eigenvalue weighted by Gasteiger charge is 2.13. The van der Waals surface area contributed by atoms with Gasteiger partial charge in [0.1, 0.15) is 5.75 Å². The van der Waals surface area contributed by atoms with Crippen LogP contribution in [0.5, 0.6) is 5.75 Å². The molecule has 1 aromatic heterocycles. The largest absolute Gasteiger partial charge is 0.497 e. The number of carbonyl (C=O) groups excluding carboxylic acids is 1. The molecule has 3 rings (SSSR count). The van der Waals surface area contributed by atoms with Crippen LogP contribution in [0.1, 0.15) is 12.8 Å². The number of urea groups is 1. The van der Waals surface area contributed by atoms with Gasteiger partial charge in [-0.3, -0.25) is 0 Å². The first-order valence-electron chi connectivity index (χ1n) is 8.75. The van der Waals surface area contributed by atoms with Gasteiger partial charge in [0.15, 0.2) is 5.82 Å².